The molecule has 0 aliphatic carbocycles. The molecule has 1 aromatic heterocycles. The first-order valence-electron chi connectivity index (χ1n) is 7.55. The normalized spacial score (nSPS) is 12.4. The Balaban J connectivity index is 2.27. The summed E-state index contributed by atoms with van der Waals surface area (Å²) in [5, 5.41) is 3.44. The van der Waals surface area contributed by atoms with Gasteiger partial charge in [-0.1, -0.05) is 25.1 Å². The van der Waals surface area contributed by atoms with Crippen molar-refractivity contribution in [3.05, 3.63) is 48.3 Å². The van der Waals surface area contributed by atoms with Crippen LogP contribution in [0.3, 0.4) is 0 Å². The molecular weight excluding hydrogens is 260 g/mol. The van der Waals surface area contributed by atoms with Gasteiger partial charge in [-0.05, 0) is 50.6 Å². The predicted octanol–water partition coefficient (Wildman–Crippen LogP) is 4.21. The molecule has 1 atom stereocenters. The maximum absolute atomic E-state index is 5.72. The zero-order chi connectivity index (χ0) is 15.2. The largest absolute Gasteiger partial charge is 0.489 e. The molecular formula is C18H24N2O. The molecule has 0 spiro atoms. The molecule has 1 aromatic carbocycles. The van der Waals surface area contributed by atoms with Crippen molar-refractivity contribution in [2.45, 2.75) is 39.8 Å². The highest BCUT2D eigenvalue weighted by molar-refractivity contribution is 5.64. The summed E-state index contributed by atoms with van der Waals surface area (Å²) in [6.07, 6.45) is 3.79. The Morgan fingerprint density at radius 2 is 1.90 bits per heavy atom. The molecule has 0 amide bonds. The van der Waals surface area contributed by atoms with Crippen molar-refractivity contribution in [3.63, 3.8) is 0 Å². The van der Waals surface area contributed by atoms with Crippen LogP contribution >= 0.6 is 0 Å². The van der Waals surface area contributed by atoms with Gasteiger partial charge in [-0.15, -0.1) is 0 Å². The molecule has 1 N–H and O–H groups in total. The number of rotatable bonds is 6. The second-order valence-corrected chi connectivity index (χ2v) is 5.48. The molecule has 1 heterocycles. The monoisotopic (exact) mass is 284 g/mol. The first-order chi connectivity index (χ1) is 10.1. The fourth-order valence-electron chi connectivity index (χ4n) is 2.32. The lowest BCUT2D eigenvalue weighted by Gasteiger charge is -2.14. The minimum Gasteiger partial charge on any atom is -0.489 e. The number of hydrogen-bond acceptors (Lipinski definition) is 3. The summed E-state index contributed by atoms with van der Waals surface area (Å²) in [6.45, 7) is 9.30. The number of benzene rings is 1. The van der Waals surface area contributed by atoms with Gasteiger partial charge in [0.15, 0.2) is 0 Å². The van der Waals surface area contributed by atoms with Gasteiger partial charge in [0, 0.05) is 17.8 Å². The van der Waals surface area contributed by atoms with Crippen molar-refractivity contribution >= 4 is 0 Å². The SMILES string of the molecule is CCNC(C)c1cccc(-c2cncc(OC(C)C)c2)c1. The molecule has 2 rings (SSSR count). The van der Waals surface area contributed by atoms with Gasteiger partial charge in [-0.2, -0.15) is 0 Å². The quantitative estimate of drug-likeness (QED) is 0.863. The third-order valence-corrected chi connectivity index (χ3v) is 3.32. The maximum Gasteiger partial charge on any atom is 0.138 e. The molecule has 3 heteroatoms. The molecule has 112 valence electrons. The van der Waals surface area contributed by atoms with Crippen LogP contribution in [0.2, 0.25) is 0 Å². The molecule has 0 aliphatic rings. The summed E-state index contributed by atoms with van der Waals surface area (Å²) in [4.78, 5) is 4.28. The Morgan fingerprint density at radius 1 is 1.10 bits per heavy atom. The van der Waals surface area contributed by atoms with Crippen molar-refractivity contribution in [2.24, 2.45) is 0 Å². The highest BCUT2D eigenvalue weighted by Gasteiger charge is 2.07. The van der Waals surface area contributed by atoms with Gasteiger partial charge in [0.2, 0.25) is 0 Å². The number of aromatic nitrogens is 1. The van der Waals surface area contributed by atoms with Crippen LogP contribution in [0.5, 0.6) is 5.75 Å². The number of ether oxygens (including phenoxy) is 1. The van der Waals surface area contributed by atoms with Gasteiger partial charge in [-0.25, -0.2) is 0 Å². The average Bonchev–Trinajstić information content (AvgIpc) is 2.47. The van der Waals surface area contributed by atoms with E-state index in [0.717, 1.165) is 17.9 Å². The molecule has 0 radical (unpaired) electrons. The first-order valence-corrected chi connectivity index (χ1v) is 7.55. The van der Waals surface area contributed by atoms with E-state index in [1.807, 2.05) is 26.1 Å². The van der Waals surface area contributed by atoms with Crippen molar-refractivity contribution in [1.29, 1.82) is 0 Å². The van der Waals surface area contributed by atoms with E-state index in [9.17, 15) is 0 Å². The van der Waals surface area contributed by atoms with Crippen LogP contribution in [-0.4, -0.2) is 17.6 Å². The second-order valence-electron chi connectivity index (χ2n) is 5.48. The number of nitrogens with zero attached hydrogens (tertiary/aromatic N) is 1. The van der Waals surface area contributed by atoms with Gasteiger partial charge in [0.25, 0.3) is 0 Å². The van der Waals surface area contributed by atoms with Crippen LogP contribution in [0.1, 0.15) is 39.3 Å². The Morgan fingerprint density at radius 3 is 2.62 bits per heavy atom. The van der Waals surface area contributed by atoms with Crippen LogP contribution in [0, 0.1) is 0 Å². The topological polar surface area (TPSA) is 34.2 Å². The smallest absolute Gasteiger partial charge is 0.138 e. The van der Waals surface area contributed by atoms with Crippen LogP contribution in [0.4, 0.5) is 0 Å². The Hall–Kier alpha value is -1.87. The molecule has 0 bridgehead atoms. The number of nitrogens with one attached hydrogen (secondary N) is 1. The zero-order valence-corrected chi connectivity index (χ0v) is 13.3. The third kappa shape index (κ3) is 4.30. The van der Waals surface area contributed by atoms with E-state index in [1.165, 1.54) is 11.1 Å². The second kappa shape index (κ2) is 7.23. The van der Waals surface area contributed by atoms with E-state index in [2.05, 4.69) is 48.4 Å². The fourth-order valence-corrected chi connectivity index (χ4v) is 2.32. The van der Waals surface area contributed by atoms with Crippen molar-refractivity contribution in [1.82, 2.24) is 10.3 Å². The van der Waals surface area contributed by atoms with Gasteiger partial charge < -0.3 is 10.1 Å². The van der Waals surface area contributed by atoms with E-state index in [1.54, 1.807) is 6.20 Å². The van der Waals surface area contributed by atoms with E-state index in [0.29, 0.717) is 6.04 Å². The van der Waals surface area contributed by atoms with Crippen LogP contribution in [-0.2, 0) is 0 Å². The zero-order valence-electron chi connectivity index (χ0n) is 13.3. The van der Waals surface area contributed by atoms with E-state index < -0.39 is 0 Å². The average molecular weight is 284 g/mol. The molecule has 2 aromatic rings. The molecule has 0 saturated carbocycles. The lowest BCUT2D eigenvalue weighted by atomic mass is 10.0. The highest BCUT2D eigenvalue weighted by atomic mass is 16.5. The lowest BCUT2D eigenvalue weighted by molar-refractivity contribution is 0.241. The van der Waals surface area contributed by atoms with Gasteiger partial charge in [0.1, 0.15) is 5.75 Å². The van der Waals surface area contributed by atoms with Gasteiger partial charge >= 0.3 is 0 Å². The highest BCUT2D eigenvalue weighted by Crippen LogP contribution is 2.25. The third-order valence-electron chi connectivity index (χ3n) is 3.32. The van der Waals surface area contributed by atoms with Crippen molar-refractivity contribution in [2.75, 3.05) is 6.54 Å². The Labute approximate surface area is 127 Å². The first kappa shape index (κ1) is 15.5. The van der Waals surface area contributed by atoms with Gasteiger partial charge in [0.05, 0.1) is 12.3 Å². The summed E-state index contributed by atoms with van der Waals surface area (Å²) in [6, 6.07) is 11.0. The van der Waals surface area contributed by atoms with Crippen molar-refractivity contribution in [3.8, 4) is 16.9 Å². The molecule has 3 nitrogen and oxygen atoms in total. The molecule has 0 saturated heterocycles. The number of hydrogen-bond donors (Lipinski definition) is 1. The Bertz CT molecular complexity index is 581. The van der Waals surface area contributed by atoms with E-state index in [4.69, 9.17) is 4.74 Å². The number of pyridine rings is 1. The lowest BCUT2D eigenvalue weighted by Crippen LogP contribution is -2.17. The summed E-state index contributed by atoms with van der Waals surface area (Å²) in [5.74, 6) is 0.813. The van der Waals surface area contributed by atoms with E-state index >= 15 is 0 Å². The molecule has 0 aliphatic heterocycles. The Kier molecular flexibility index (Phi) is 5.34. The van der Waals surface area contributed by atoms with Gasteiger partial charge in [-0.3, -0.25) is 4.98 Å². The summed E-state index contributed by atoms with van der Waals surface area (Å²) < 4.78 is 5.72. The van der Waals surface area contributed by atoms with Crippen LogP contribution in [0.25, 0.3) is 11.1 Å². The van der Waals surface area contributed by atoms with Crippen LogP contribution in [0.15, 0.2) is 42.7 Å². The maximum atomic E-state index is 5.72. The molecule has 0 fully saturated rings. The fraction of sp³-hybridized carbons (Fsp3) is 0.389. The predicted molar refractivity (Wildman–Crippen MR) is 87.5 cm³/mol. The standard InChI is InChI=1S/C18H24N2O/c1-5-20-14(4)15-7-6-8-16(9-15)17-10-18(12-19-11-17)21-13(2)3/h6-14,20H,5H2,1-4H3. The van der Waals surface area contributed by atoms with Crippen LogP contribution < -0.4 is 10.1 Å². The summed E-state index contributed by atoms with van der Waals surface area (Å²) >= 11 is 0. The van der Waals surface area contributed by atoms with Crippen molar-refractivity contribution < 1.29 is 4.74 Å². The molecule has 1 unspecified atom stereocenters. The minimum atomic E-state index is 0.155. The minimum absolute atomic E-state index is 0.155. The summed E-state index contributed by atoms with van der Waals surface area (Å²) in [7, 11) is 0. The molecule has 21 heavy (non-hydrogen) atoms. The summed E-state index contributed by atoms with van der Waals surface area (Å²) in [5.41, 5.74) is 3.53. The van der Waals surface area contributed by atoms with E-state index in [-0.39, 0.29) is 6.10 Å².